The van der Waals surface area contributed by atoms with Crippen LogP contribution in [0.25, 0.3) is 6.08 Å². The number of thioether (sulfide) groups is 1. The number of benzene rings is 4. The maximum absolute atomic E-state index is 13.7. The first-order valence-corrected chi connectivity index (χ1v) is 14.5. The Hall–Kier alpha value is -3.05. The monoisotopic (exact) mass is 704 g/mol. The van der Waals surface area contributed by atoms with Crippen molar-refractivity contribution in [1.29, 1.82) is 0 Å². The zero-order chi connectivity index (χ0) is 28.2. The second-order valence-electron chi connectivity index (χ2n) is 8.55. The van der Waals surface area contributed by atoms with Crippen LogP contribution in [0.2, 0.25) is 10.0 Å². The number of nitrogens with zero attached hydrogens (tertiary/aromatic N) is 2. The maximum atomic E-state index is 13.7. The van der Waals surface area contributed by atoms with Crippen molar-refractivity contribution in [3.8, 4) is 11.5 Å². The van der Waals surface area contributed by atoms with E-state index in [1.165, 1.54) is 23.9 Å². The molecule has 0 aromatic heterocycles. The summed E-state index contributed by atoms with van der Waals surface area (Å²) in [5.41, 5.74) is 2.76. The number of methoxy groups -OCH3 is 1. The first-order chi connectivity index (χ1) is 19.3. The van der Waals surface area contributed by atoms with Gasteiger partial charge in [0.05, 0.1) is 27.0 Å². The molecular formula is C30H20Cl2FIN2O3S. The summed E-state index contributed by atoms with van der Waals surface area (Å²) in [4.78, 5) is 20.4. The van der Waals surface area contributed by atoms with Gasteiger partial charge in [-0.05, 0) is 124 Å². The van der Waals surface area contributed by atoms with Gasteiger partial charge < -0.3 is 9.47 Å². The summed E-state index contributed by atoms with van der Waals surface area (Å²) in [5, 5.41) is 1.66. The SMILES string of the molecule is COc1cc(/C=C2\SC(=Nc3ccc(Cl)cc3)N(c3ccc(Cl)cc3)C2=O)cc(I)c1OCc1cccc(F)c1. The minimum Gasteiger partial charge on any atom is -0.493 e. The molecule has 202 valence electrons. The number of halogens is 4. The predicted molar refractivity (Wildman–Crippen MR) is 169 cm³/mol. The molecule has 10 heteroatoms. The number of hydrogen-bond donors (Lipinski definition) is 0. The predicted octanol–water partition coefficient (Wildman–Crippen LogP) is 9.13. The molecule has 0 unspecified atom stereocenters. The van der Waals surface area contributed by atoms with E-state index in [1.54, 1.807) is 84.8 Å². The second-order valence-corrected chi connectivity index (χ2v) is 11.6. The Morgan fingerprint density at radius 3 is 2.38 bits per heavy atom. The van der Waals surface area contributed by atoms with Gasteiger partial charge >= 0.3 is 0 Å². The molecule has 4 aromatic rings. The van der Waals surface area contributed by atoms with E-state index in [1.807, 2.05) is 6.07 Å². The van der Waals surface area contributed by atoms with E-state index in [0.29, 0.717) is 48.6 Å². The molecule has 1 aliphatic heterocycles. The quantitative estimate of drug-likeness (QED) is 0.142. The molecule has 5 rings (SSSR count). The van der Waals surface area contributed by atoms with Gasteiger partial charge in [0, 0.05) is 10.0 Å². The highest BCUT2D eigenvalue weighted by Crippen LogP contribution is 2.40. The van der Waals surface area contributed by atoms with Crippen molar-refractivity contribution in [3.05, 3.63) is 120 Å². The minimum atomic E-state index is -0.324. The first-order valence-electron chi connectivity index (χ1n) is 11.9. The molecule has 0 bridgehead atoms. The van der Waals surface area contributed by atoms with Crippen LogP contribution in [0.3, 0.4) is 0 Å². The maximum Gasteiger partial charge on any atom is 0.271 e. The van der Waals surface area contributed by atoms with Crippen molar-refractivity contribution in [2.75, 3.05) is 12.0 Å². The topological polar surface area (TPSA) is 51.1 Å². The lowest BCUT2D eigenvalue weighted by atomic mass is 10.1. The van der Waals surface area contributed by atoms with E-state index in [2.05, 4.69) is 22.6 Å². The molecule has 1 aliphatic rings. The van der Waals surface area contributed by atoms with Gasteiger partial charge in [0.15, 0.2) is 16.7 Å². The molecule has 0 spiro atoms. The van der Waals surface area contributed by atoms with Gasteiger partial charge in [0.25, 0.3) is 5.91 Å². The highest BCUT2D eigenvalue weighted by atomic mass is 127. The lowest BCUT2D eigenvalue weighted by Crippen LogP contribution is -2.28. The molecule has 1 amide bonds. The summed E-state index contributed by atoms with van der Waals surface area (Å²) >= 11 is 15.5. The second kappa shape index (κ2) is 12.6. The summed E-state index contributed by atoms with van der Waals surface area (Å²) in [6, 6.07) is 24.0. The van der Waals surface area contributed by atoms with Crippen molar-refractivity contribution in [1.82, 2.24) is 0 Å². The van der Waals surface area contributed by atoms with Crippen LogP contribution in [0.4, 0.5) is 15.8 Å². The molecule has 40 heavy (non-hydrogen) atoms. The molecule has 0 atom stereocenters. The fourth-order valence-electron chi connectivity index (χ4n) is 3.89. The fourth-order valence-corrected chi connectivity index (χ4v) is 5.92. The summed E-state index contributed by atoms with van der Waals surface area (Å²) in [6.07, 6.45) is 1.79. The minimum absolute atomic E-state index is 0.180. The van der Waals surface area contributed by atoms with Crippen LogP contribution in [0.15, 0.2) is 94.8 Å². The summed E-state index contributed by atoms with van der Waals surface area (Å²) in [5.74, 6) is 0.485. The van der Waals surface area contributed by atoms with Crippen LogP contribution in [0.1, 0.15) is 11.1 Å². The zero-order valence-corrected chi connectivity index (χ0v) is 25.4. The Kier molecular flexibility index (Phi) is 9.00. The third kappa shape index (κ3) is 6.63. The molecule has 0 N–H and O–H groups in total. The van der Waals surface area contributed by atoms with Crippen LogP contribution in [-0.2, 0) is 11.4 Å². The van der Waals surface area contributed by atoms with Gasteiger partial charge in [-0.3, -0.25) is 9.69 Å². The molecule has 4 aromatic carbocycles. The molecule has 0 radical (unpaired) electrons. The first kappa shape index (κ1) is 28.5. The van der Waals surface area contributed by atoms with Crippen molar-refractivity contribution >= 4 is 86.1 Å². The Morgan fingerprint density at radius 1 is 1.00 bits per heavy atom. The number of carbonyl (C=O) groups is 1. The third-order valence-corrected chi connectivity index (χ3v) is 8.04. The third-order valence-electron chi connectivity index (χ3n) is 5.76. The van der Waals surface area contributed by atoms with Crippen molar-refractivity contribution in [2.45, 2.75) is 6.61 Å². The Bertz CT molecular complexity index is 1630. The van der Waals surface area contributed by atoms with Crippen LogP contribution >= 0.6 is 57.6 Å². The van der Waals surface area contributed by atoms with Gasteiger partial charge in [0.2, 0.25) is 0 Å². The fraction of sp³-hybridized carbons (Fsp3) is 0.0667. The number of amidine groups is 1. The van der Waals surface area contributed by atoms with Crippen LogP contribution in [-0.4, -0.2) is 18.2 Å². The molecule has 0 aliphatic carbocycles. The number of anilines is 1. The molecule has 1 saturated heterocycles. The van der Waals surface area contributed by atoms with E-state index in [-0.39, 0.29) is 18.3 Å². The summed E-state index contributed by atoms with van der Waals surface area (Å²) in [7, 11) is 1.55. The summed E-state index contributed by atoms with van der Waals surface area (Å²) in [6.45, 7) is 0.180. The number of amides is 1. The Balaban J connectivity index is 1.47. The van der Waals surface area contributed by atoms with Gasteiger partial charge in [-0.1, -0.05) is 35.3 Å². The van der Waals surface area contributed by atoms with Gasteiger partial charge in [0.1, 0.15) is 12.4 Å². The highest BCUT2D eigenvalue weighted by molar-refractivity contribution is 14.1. The van der Waals surface area contributed by atoms with E-state index in [4.69, 9.17) is 37.7 Å². The number of carbonyl (C=O) groups excluding carboxylic acids is 1. The highest BCUT2D eigenvalue weighted by Gasteiger charge is 2.35. The lowest BCUT2D eigenvalue weighted by molar-refractivity contribution is -0.113. The Labute approximate surface area is 258 Å². The van der Waals surface area contributed by atoms with Crippen molar-refractivity contribution in [2.24, 2.45) is 4.99 Å². The van der Waals surface area contributed by atoms with Crippen LogP contribution in [0, 0.1) is 9.39 Å². The average molecular weight is 705 g/mol. The largest absolute Gasteiger partial charge is 0.493 e. The number of aliphatic imine (C=N–C) groups is 1. The average Bonchev–Trinajstić information content (AvgIpc) is 3.23. The molecule has 1 heterocycles. The zero-order valence-electron chi connectivity index (χ0n) is 20.9. The molecule has 0 saturated carbocycles. The van der Waals surface area contributed by atoms with E-state index < -0.39 is 0 Å². The van der Waals surface area contributed by atoms with Gasteiger partial charge in [-0.25, -0.2) is 9.38 Å². The number of rotatable bonds is 7. The number of ether oxygens (including phenoxy) is 2. The summed E-state index contributed by atoms with van der Waals surface area (Å²) < 4.78 is 25.9. The van der Waals surface area contributed by atoms with E-state index in [0.717, 1.165) is 9.13 Å². The van der Waals surface area contributed by atoms with Gasteiger partial charge in [-0.15, -0.1) is 0 Å². The van der Waals surface area contributed by atoms with Crippen molar-refractivity contribution < 1.29 is 18.7 Å². The Morgan fingerprint density at radius 2 is 1.70 bits per heavy atom. The molecule has 1 fully saturated rings. The number of hydrogen-bond acceptors (Lipinski definition) is 5. The van der Waals surface area contributed by atoms with E-state index >= 15 is 0 Å². The lowest BCUT2D eigenvalue weighted by Gasteiger charge is -2.16. The van der Waals surface area contributed by atoms with E-state index in [9.17, 15) is 9.18 Å². The molecule has 5 nitrogen and oxygen atoms in total. The normalized spacial score (nSPS) is 15.2. The van der Waals surface area contributed by atoms with Crippen molar-refractivity contribution in [3.63, 3.8) is 0 Å². The van der Waals surface area contributed by atoms with Crippen LogP contribution < -0.4 is 14.4 Å². The molecular weight excluding hydrogens is 685 g/mol. The van der Waals surface area contributed by atoms with Gasteiger partial charge in [-0.2, -0.15) is 0 Å². The smallest absolute Gasteiger partial charge is 0.271 e. The standard InChI is InChI=1S/C30H20Cl2FIN2O3S/c1-38-26-15-19(14-25(34)28(26)39-17-18-3-2-4-22(33)13-18)16-27-29(37)36(24-11-7-21(32)8-12-24)30(40-27)35-23-9-5-20(31)6-10-23/h2-16H,17H2,1H3/b27-16-,35-30?. The van der Waals surface area contributed by atoms with Crippen LogP contribution in [0.5, 0.6) is 11.5 Å².